The van der Waals surface area contributed by atoms with Crippen LogP contribution in [0.4, 0.5) is 0 Å². The zero-order valence-corrected chi connectivity index (χ0v) is 15.6. The number of Topliss-reactive ketones (excluding diaryl/α,β-unsaturated/α-hetero) is 1. The average Bonchev–Trinajstić information content (AvgIpc) is 2.45. The van der Waals surface area contributed by atoms with Gasteiger partial charge in [0.05, 0.1) is 5.56 Å². The summed E-state index contributed by atoms with van der Waals surface area (Å²) in [7, 11) is 0. The van der Waals surface area contributed by atoms with Gasteiger partial charge >= 0.3 is 0 Å². The van der Waals surface area contributed by atoms with E-state index in [0.717, 1.165) is 36.8 Å². The van der Waals surface area contributed by atoms with Crippen LogP contribution in [0.25, 0.3) is 0 Å². The van der Waals surface area contributed by atoms with Crippen LogP contribution in [0.5, 0.6) is 5.75 Å². The van der Waals surface area contributed by atoms with Crippen molar-refractivity contribution >= 4 is 5.78 Å². The van der Waals surface area contributed by atoms with Gasteiger partial charge < -0.3 is 5.11 Å². The molecular formula is C21H32O2. The SMILES string of the molecule is CC(C)(C)c1cc(C(=O)C2CCCCC2)c(O)c(C(C)(C)C)c1. The van der Waals surface area contributed by atoms with Crippen molar-refractivity contribution in [3.8, 4) is 5.75 Å². The van der Waals surface area contributed by atoms with Gasteiger partial charge in [-0.3, -0.25) is 4.79 Å². The van der Waals surface area contributed by atoms with E-state index in [1.54, 1.807) is 0 Å². The topological polar surface area (TPSA) is 37.3 Å². The zero-order valence-electron chi connectivity index (χ0n) is 15.6. The number of carbonyl (C=O) groups is 1. The predicted molar refractivity (Wildman–Crippen MR) is 96.4 cm³/mol. The third kappa shape index (κ3) is 3.97. The molecule has 1 aromatic carbocycles. The standard InChI is InChI=1S/C21H32O2/c1-20(2,3)15-12-16(18(22)14-10-8-7-9-11-14)19(23)17(13-15)21(4,5)6/h12-14,23H,7-11H2,1-6H3. The first-order chi connectivity index (χ1) is 10.5. The predicted octanol–water partition coefficient (Wildman–Crippen LogP) is 5.75. The molecule has 0 amide bonds. The van der Waals surface area contributed by atoms with Crippen LogP contribution in [-0.2, 0) is 10.8 Å². The fourth-order valence-electron chi connectivity index (χ4n) is 3.41. The molecule has 23 heavy (non-hydrogen) atoms. The lowest BCUT2D eigenvalue weighted by atomic mass is 9.76. The largest absolute Gasteiger partial charge is 0.507 e. The summed E-state index contributed by atoms with van der Waals surface area (Å²) in [5, 5.41) is 10.8. The minimum Gasteiger partial charge on any atom is -0.507 e. The number of carbonyl (C=O) groups excluding carboxylic acids is 1. The van der Waals surface area contributed by atoms with E-state index in [9.17, 15) is 9.90 Å². The van der Waals surface area contributed by atoms with Crippen molar-refractivity contribution in [1.29, 1.82) is 0 Å². The number of hydrogen-bond acceptors (Lipinski definition) is 2. The van der Waals surface area contributed by atoms with Gasteiger partial charge in [0, 0.05) is 11.5 Å². The van der Waals surface area contributed by atoms with Gasteiger partial charge in [0.1, 0.15) is 5.75 Å². The molecule has 0 saturated heterocycles. The van der Waals surface area contributed by atoms with Crippen LogP contribution in [0.3, 0.4) is 0 Å². The second kappa shape index (κ2) is 6.30. The molecule has 1 aromatic rings. The second-order valence-electron chi connectivity index (χ2n) is 9.12. The van der Waals surface area contributed by atoms with E-state index in [0.29, 0.717) is 5.56 Å². The maximum absolute atomic E-state index is 13.0. The summed E-state index contributed by atoms with van der Waals surface area (Å²) >= 11 is 0. The third-order valence-electron chi connectivity index (χ3n) is 5.03. The van der Waals surface area contributed by atoms with E-state index in [1.165, 1.54) is 6.42 Å². The molecule has 0 bridgehead atoms. The van der Waals surface area contributed by atoms with Crippen LogP contribution in [-0.4, -0.2) is 10.9 Å². The van der Waals surface area contributed by atoms with Crippen LogP contribution in [0.15, 0.2) is 12.1 Å². The summed E-state index contributed by atoms with van der Waals surface area (Å²) in [5.41, 5.74) is 2.31. The Bertz CT molecular complexity index is 579. The lowest BCUT2D eigenvalue weighted by Gasteiger charge is -2.28. The van der Waals surface area contributed by atoms with Crippen molar-refractivity contribution in [2.75, 3.05) is 0 Å². The summed E-state index contributed by atoms with van der Waals surface area (Å²) in [4.78, 5) is 13.0. The highest BCUT2D eigenvalue weighted by molar-refractivity contribution is 6.01. The quantitative estimate of drug-likeness (QED) is 0.705. The van der Waals surface area contributed by atoms with E-state index in [1.807, 2.05) is 6.07 Å². The van der Waals surface area contributed by atoms with E-state index in [-0.39, 0.29) is 28.3 Å². The molecule has 0 spiro atoms. The van der Waals surface area contributed by atoms with Crippen LogP contribution >= 0.6 is 0 Å². The Morgan fingerprint density at radius 2 is 1.52 bits per heavy atom. The van der Waals surface area contributed by atoms with Crippen molar-refractivity contribution < 1.29 is 9.90 Å². The van der Waals surface area contributed by atoms with Gasteiger partial charge in [-0.1, -0.05) is 66.9 Å². The third-order valence-corrected chi connectivity index (χ3v) is 5.03. The smallest absolute Gasteiger partial charge is 0.169 e. The molecule has 1 N–H and O–H groups in total. The molecule has 2 rings (SSSR count). The number of rotatable bonds is 2. The first kappa shape index (κ1) is 18.0. The maximum Gasteiger partial charge on any atom is 0.169 e. The number of phenolic OH excluding ortho intramolecular Hbond substituents is 1. The minimum atomic E-state index is -0.188. The summed E-state index contributed by atoms with van der Waals surface area (Å²) in [6.45, 7) is 12.7. The van der Waals surface area contributed by atoms with Gasteiger partial charge in [0.15, 0.2) is 5.78 Å². The Hall–Kier alpha value is -1.31. The average molecular weight is 316 g/mol. The molecule has 1 saturated carbocycles. The number of ketones is 1. The highest BCUT2D eigenvalue weighted by Crippen LogP contribution is 2.39. The maximum atomic E-state index is 13.0. The van der Waals surface area contributed by atoms with Gasteiger partial charge in [0.25, 0.3) is 0 Å². The number of benzene rings is 1. The molecule has 2 nitrogen and oxygen atoms in total. The normalized spacial score (nSPS) is 17.3. The number of phenols is 1. The van der Waals surface area contributed by atoms with Crippen LogP contribution < -0.4 is 0 Å². The molecule has 128 valence electrons. The number of hydrogen-bond donors (Lipinski definition) is 1. The van der Waals surface area contributed by atoms with Crippen molar-refractivity contribution in [2.45, 2.75) is 84.5 Å². The molecule has 1 fully saturated rings. The fraction of sp³-hybridized carbons (Fsp3) is 0.667. The summed E-state index contributed by atoms with van der Waals surface area (Å²) < 4.78 is 0. The van der Waals surface area contributed by atoms with Crippen LogP contribution in [0.2, 0.25) is 0 Å². The fourth-order valence-corrected chi connectivity index (χ4v) is 3.41. The highest BCUT2D eigenvalue weighted by atomic mass is 16.3. The Kier molecular flexibility index (Phi) is 4.94. The lowest BCUT2D eigenvalue weighted by Crippen LogP contribution is -2.22. The van der Waals surface area contributed by atoms with Gasteiger partial charge in [-0.15, -0.1) is 0 Å². The van der Waals surface area contributed by atoms with Crippen LogP contribution in [0.1, 0.15) is 95.1 Å². The van der Waals surface area contributed by atoms with Crippen LogP contribution in [0, 0.1) is 5.92 Å². The van der Waals surface area contributed by atoms with E-state index in [2.05, 4.69) is 47.6 Å². The summed E-state index contributed by atoms with van der Waals surface area (Å²) in [6, 6.07) is 4.01. The van der Waals surface area contributed by atoms with E-state index < -0.39 is 0 Å². The highest BCUT2D eigenvalue weighted by Gasteiger charge is 2.30. The lowest BCUT2D eigenvalue weighted by molar-refractivity contribution is 0.0886. The Morgan fingerprint density at radius 1 is 0.957 bits per heavy atom. The summed E-state index contributed by atoms with van der Waals surface area (Å²) in [5.74, 6) is 0.414. The van der Waals surface area contributed by atoms with Crippen molar-refractivity contribution in [3.63, 3.8) is 0 Å². The second-order valence-corrected chi connectivity index (χ2v) is 9.12. The molecule has 1 aliphatic carbocycles. The molecule has 1 aliphatic rings. The Morgan fingerprint density at radius 3 is 2.00 bits per heavy atom. The van der Waals surface area contributed by atoms with Crippen molar-refractivity contribution in [2.24, 2.45) is 5.92 Å². The van der Waals surface area contributed by atoms with Gasteiger partial charge in [-0.2, -0.15) is 0 Å². The van der Waals surface area contributed by atoms with Gasteiger partial charge in [-0.05, 0) is 35.3 Å². The number of aromatic hydroxyl groups is 1. The summed E-state index contributed by atoms with van der Waals surface area (Å²) in [6.07, 6.45) is 5.40. The minimum absolute atomic E-state index is 0.0463. The first-order valence-electron chi connectivity index (χ1n) is 8.94. The Labute approximate surface area is 141 Å². The molecule has 0 unspecified atom stereocenters. The molecule has 0 radical (unpaired) electrons. The molecule has 0 heterocycles. The molecule has 0 atom stereocenters. The van der Waals surface area contributed by atoms with Crippen molar-refractivity contribution in [1.82, 2.24) is 0 Å². The molecule has 0 aliphatic heterocycles. The molecule has 2 heteroatoms. The van der Waals surface area contributed by atoms with Gasteiger partial charge in [0.2, 0.25) is 0 Å². The monoisotopic (exact) mass is 316 g/mol. The van der Waals surface area contributed by atoms with Crippen molar-refractivity contribution in [3.05, 3.63) is 28.8 Å². The van der Waals surface area contributed by atoms with E-state index >= 15 is 0 Å². The molecule has 0 aromatic heterocycles. The van der Waals surface area contributed by atoms with Gasteiger partial charge in [-0.25, -0.2) is 0 Å². The van der Waals surface area contributed by atoms with E-state index in [4.69, 9.17) is 0 Å². The first-order valence-corrected chi connectivity index (χ1v) is 8.94. The Balaban J connectivity index is 2.55. The molecular weight excluding hydrogens is 284 g/mol. The zero-order chi connectivity index (χ0) is 17.4.